The first-order chi connectivity index (χ1) is 16.9. The number of esters is 2. The van der Waals surface area contributed by atoms with Crippen molar-refractivity contribution in [1.82, 2.24) is 10.4 Å². The van der Waals surface area contributed by atoms with Gasteiger partial charge in [0, 0.05) is 17.5 Å². The number of hydrazine groups is 1. The van der Waals surface area contributed by atoms with Gasteiger partial charge < -0.3 is 9.47 Å². The van der Waals surface area contributed by atoms with Crippen LogP contribution in [0.2, 0.25) is 0 Å². The van der Waals surface area contributed by atoms with Gasteiger partial charge in [-0.1, -0.05) is 24.3 Å². The predicted octanol–water partition coefficient (Wildman–Crippen LogP) is 2.89. The minimum absolute atomic E-state index is 0.0469. The number of carbonyl (C=O) groups excluding carboxylic acids is 5. The van der Waals surface area contributed by atoms with Crippen molar-refractivity contribution in [2.24, 2.45) is 5.92 Å². The van der Waals surface area contributed by atoms with E-state index in [1.54, 1.807) is 47.8 Å². The molecule has 0 bridgehead atoms. The molecule has 1 N–H and O–H groups in total. The number of amides is 2. The van der Waals surface area contributed by atoms with Crippen molar-refractivity contribution in [1.29, 1.82) is 0 Å². The minimum atomic E-state index is -0.801. The Hall–Kier alpha value is -4.31. The summed E-state index contributed by atoms with van der Waals surface area (Å²) in [6, 6.07) is 17.6. The first kappa shape index (κ1) is 23.8. The van der Waals surface area contributed by atoms with E-state index in [1.807, 2.05) is 0 Å². The molecule has 1 aromatic heterocycles. The number of hydrogen-bond donors (Lipinski definition) is 1. The van der Waals surface area contributed by atoms with E-state index in [9.17, 15) is 24.0 Å². The Balaban J connectivity index is 1.25. The van der Waals surface area contributed by atoms with Gasteiger partial charge >= 0.3 is 11.9 Å². The summed E-state index contributed by atoms with van der Waals surface area (Å²) in [7, 11) is 0. The van der Waals surface area contributed by atoms with Crippen LogP contribution in [0.4, 0.5) is 0 Å². The maximum atomic E-state index is 12.4. The van der Waals surface area contributed by atoms with Crippen molar-refractivity contribution < 1.29 is 33.4 Å². The number of rotatable bonds is 8. The van der Waals surface area contributed by atoms with Gasteiger partial charge in [-0.15, -0.1) is 11.3 Å². The lowest BCUT2D eigenvalue weighted by Gasteiger charge is -2.17. The SMILES string of the molecule is O=C(COC(=O)C1CC(=O)N(NC(=O)c2ccccc2)C1)c1ccc(OC(=O)c2cccs2)cc1. The minimum Gasteiger partial charge on any atom is -0.457 e. The second-order valence-electron chi connectivity index (χ2n) is 7.63. The molecule has 0 saturated carbocycles. The molecular formula is C25H20N2O7S. The van der Waals surface area contributed by atoms with Crippen LogP contribution in [0.3, 0.4) is 0 Å². The van der Waals surface area contributed by atoms with Crippen LogP contribution in [0, 0.1) is 5.92 Å². The summed E-state index contributed by atoms with van der Waals surface area (Å²) in [5, 5.41) is 2.85. The molecule has 35 heavy (non-hydrogen) atoms. The third-order valence-electron chi connectivity index (χ3n) is 5.19. The van der Waals surface area contributed by atoms with Crippen molar-refractivity contribution in [3.8, 4) is 5.75 Å². The summed E-state index contributed by atoms with van der Waals surface area (Å²) >= 11 is 1.26. The number of carbonyl (C=O) groups is 5. The van der Waals surface area contributed by atoms with Crippen LogP contribution in [0.25, 0.3) is 0 Å². The summed E-state index contributed by atoms with van der Waals surface area (Å²) in [6.45, 7) is -0.553. The van der Waals surface area contributed by atoms with Crippen LogP contribution in [0.1, 0.15) is 36.8 Å². The van der Waals surface area contributed by atoms with Gasteiger partial charge in [-0.2, -0.15) is 0 Å². The maximum absolute atomic E-state index is 12.4. The molecule has 1 fully saturated rings. The van der Waals surface area contributed by atoms with Gasteiger partial charge in [0.1, 0.15) is 10.6 Å². The van der Waals surface area contributed by atoms with E-state index in [0.29, 0.717) is 10.4 Å². The van der Waals surface area contributed by atoms with Gasteiger partial charge in [-0.3, -0.25) is 29.6 Å². The highest BCUT2D eigenvalue weighted by Gasteiger charge is 2.36. The van der Waals surface area contributed by atoms with E-state index in [2.05, 4.69) is 5.43 Å². The number of Topliss-reactive ketones (excluding diaryl/α,β-unsaturated/α-hetero) is 1. The average Bonchev–Trinajstić information content (AvgIpc) is 3.54. The molecule has 2 aromatic carbocycles. The van der Waals surface area contributed by atoms with Gasteiger partial charge in [-0.05, 0) is 47.8 Å². The standard InChI is InChI=1S/C25H20N2O7S/c28-20(16-8-10-19(11-9-16)34-25(32)21-7-4-12-35-21)15-33-24(31)18-13-22(29)27(14-18)26-23(30)17-5-2-1-3-6-17/h1-12,18H,13-15H2,(H,26,30). The molecule has 2 heterocycles. The molecule has 9 nitrogen and oxygen atoms in total. The summed E-state index contributed by atoms with van der Waals surface area (Å²) in [6.07, 6.45) is -0.133. The van der Waals surface area contributed by atoms with Gasteiger partial charge in [0.05, 0.1) is 12.5 Å². The van der Waals surface area contributed by atoms with Crippen molar-refractivity contribution in [2.45, 2.75) is 6.42 Å². The first-order valence-electron chi connectivity index (χ1n) is 10.6. The van der Waals surface area contributed by atoms with Crippen LogP contribution in [0.15, 0.2) is 72.1 Å². The van der Waals surface area contributed by atoms with Crippen LogP contribution in [-0.2, 0) is 14.3 Å². The molecule has 0 aliphatic carbocycles. The number of benzene rings is 2. The molecule has 1 unspecified atom stereocenters. The zero-order valence-corrected chi connectivity index (χ0v) is 19.2. The molecule has 1 atom stereocenters. The highest BCUT2D eigenvalue weighted by atomic mass is 32.1. The van der Waals surface area contributed by atoms with Gasteiger partial charge in [0.15, 0.2) is 12.4 Å². The summed E-state index contributed by atoms with van der Waals surface area (Å²) in [5.74, 6) is -3.06. The highest BCUT2D eigenvalue weighted by molar-refractivity contribution is 7.12. The number of thiophene rings is 1. The lowest BCUT2D eigenvalue weighted by Crippen LogP contribution is -2.43. The number of hydrogen-bond acceptors (Lipinski definition) is 8. The third kappa shape index (κ3) is 5.98. The largest absolute Gasteiger partial charge is 0.457 e. The predicted molar refractivity (Wildman–Crippen MR) is 125 cm³/mol. The van der Waals surface area contributed by atoms with Gasteiger partial charge in [-0.25, -0.2) is 4.79 Å². The molecule has 0 spiro atoms. The molecule has 1 aliphatic rings. The Morgan fingerprint density at radius 1 is 0.943 bits per heavy atom. The van der Waals surface area contributed by atoms with Crippen molar-refractivity contribution in [2.75, 3.05) is 13.2 Å². The van der Waals surface area contributed by atoms with Crippen molar-refractivity contribution >= 4 is 40.9 Å². The fraction of sp³-hybridized carbons (Fsp3) is 0.160. The molecule has 1 saturated heterocycles. The monoisotopic (exact) mass is 492 g/mol. The summed E-state index contributed by atoms with van der Waals surface area (Å²) < 4.78 is 10.4. The van der Waals surface area contributed by atoms with Crippen LogP contribution in [-0.4, -0.2) is 47.7 Å². The molecule has 1 aliphatic heterocycles. The smallest absolute Gasteiger partial charge is 0.353 e. The number of nitrogens with one attached hydrogen (secondary N) is 1. The quantitative estimate of drug-likeness (QED) is 0.292. The summed E-state index contributed by atoms with van der Waals surface area (Å²) in [5.41, 5.74) is 3.13. The lowest BCUT2D eigenvalue weighted by molar-refractivity contribution is -0.147. The molecule has 3 aromatic rings. The topological polar surface area (TPSA) is 119 Å². The van der Waals surface area contributed by atoms with E-state index in [0.717, 1.165) is 5.01 Å². The van der Waals surface area contributed by atoms with Crippen molar-refractivity contribution in [3.63, 3.8) is 0 Å². The van der Waals surface area contributed by atoms with E-state index < -0.39 is 42.1 Å². The molecule has 10 heteroatoms. The average molecular weight is 493 g/mol. The fourth-order valence-electron chi connectivity index (χ4n) is 3.35. The number of ketones is 1. The number of ether oxygens (including phenoxy) is 2. The molecule has 178 valence electrons. The van der Waals surface area contributed by atoms with E-state index in [-0.39, 0.29) is 24.3 Å². The van der Waals surface area contributed by atoms with Crippen molar-refractivity contribution in [3.05, 3.63) is 88.1 Å². The van der Waals surface area contributed by atoms with E-state index >= 15 is 0 Å². The first-order valence-corrected chi connectivity index (χ1v) is 11.5. The third-order valence-corrected chi connectivity index (χ3v) is 6.04. The fourth-order valence-corrected chi connectivity index (χ4v) is 3.95. The Morgan fingerprint density at radius 3 is 2.37 bits per heavy atom. The van der Waals surface area contributed by atoms with E-state index in [1.165, 1.54) is 35.6 Å². The van der Waals surface area contributed by atoms with E-state index in [4.69, 9.17) is 9.47 Å². The van der Waals surface area contributed by atoms with Gasteiger partial charge in [0.25, 0.3) is 5.91 Å². The second-order valence-corrected chi connectivity index (χ2v) is 8.58. The Morgan fingerprint density at radius 2 is 1.69 bits per heavy atom. The normalized spacial score (nSPS) is 14.9. The van der Waals surface area contributed by atoms with Gasteiger partial charge in [0.2, 0.25) is 5.91 Å². The zero-order valence-electron chi connectivity index (χ0n) is 18.3. The maximum Gasteiger partial charge on any atom is 0.353 e. The molecule has 0 radical (unpaired) electrons. The Kier molecular flexibility index (Phi) is 7.32. The Labute approximate surface area is 204 Å². The highest BCUT2D eigenvalue weighted by Crippen LogP contribution is 2.19. The molecular weight excluding hydrogens is 472 g/mol. The summed E-state index contributed by atoms with van der Waals surface area (Å²) in [4.78, 5) is 61.7. The van der Waals surface area contributed by atoms with Crippen LogP contribution in [0.5, 0.6) is 5.75 Å². The molecule has 2 amide bonds. The molecule has 4 rings (SSSR count). The van der Waals surface area contributed by atoms with Crippen LogP contribution >= 0.6 is 11.3 Å². The Bertz CT molecular complexity index is 1240. The van der Waals surface area contributed by atoms with Crippen LogP contribution < -0.4 is 10.2 Å². The number of nitrogens with zero attached hydrogens (tertiary/aromatic N) is 1. The zero-order chi connectivity index (χ0) is 24.8. The second kappa shape index (κ2) is 10.7. The lowest BCUT2D eigenvalue weighted by atomic mass is 10.1.